The summed E-state index contributed by atoms with van der Waals surface area (Å²) in [7, 11) is 0. The molecule has 0 aliphatic rings. The highest BCUT2D eigenvalue weighted by molar-refractivity contribution is 5.70. The molecule has 0 aliphatic carbocycles. The molecule has 0 bridgehead atoms. The molecule has 5 heteroatoms. The van der Waals surface area contributed by atoms with Crippen molar-refractivity contribution in [2.24, 2.45) is 5.92 Å². The molecule has 0 radical (unpaired) electrons. The number of hydrogen-bond donors (Lipinski definition) is 0. The minimum atomic E-state index is -0.259. The number of carbonyl (C=O) groups is 2. The number of allylic oxidation sites excluding steroid dienone is 1. The first-order chi connectivity index (χ1) is 16.0. The van der Waals surface area contributed by atoms with Gasteiger partial charge in [-0.05, 0) is 19.3 Å². The molecule has 0 N–H and O–H groups in total. The van der Waals surface area contributed by atoms with Crippen molar-refractivity contribution in [3.8, 4) is 0 Å². The number of carbonyl (C=O) groups excluding carboxylic acids is 2. The second kappa shape index (κ2) is 23.6. The summed E-state index contributed by atoms with van der Waals surface area (Å²) < 4.78 is 16.6. The summed E-state index contributed by atoms with van der Waals surface area (Å²) >= 11 is 0. The van der Waals surface area contributed by atoms with Gasteiger partial charge in [-0.25, -0.2) is 0 Å². The second-order valence-electron chi connectivity index (χ2n) is 9.21. The molecule has 0 aliphatic heterocycles. The number of hydrogen-bond acceptors (Lipinski definition) is 5. The molecule has 0 aromatic heterocycles. The van der Waals surface area contributed by atoms with Crippen LogP contribution in [0.2, 0.25) is 0 Å². The summed E-state index contributed by atoms with van der Waals surface area (Å²) in [6, 6.07) is 0. The molecule has 0 fully saturated rings. The number of ether oxygens (including phenoxy) is 3. The van der Waals surface area contributed by atoms with E-state index in [0.717, 1.165) is 44.3 Å². The van der Waals surface area contributed by atoms with Gasteiger partial charge in [0.25, 0.3) is 0 Å². The summed E-state index contributed by atoms with van der Waals surface area (Å²) in [5.41, 5.74) is 0. The van der Waals surface area contributed by atoms with E-state index in [1.54, 1.807) is 0 Å². The van der Waals surface area contributed by atoms with Gasteiger partial charge >= 0.3 is 11.9 Å². The Hall–Kier alpha value is -1.52. The Bertz CT molecular complexity index is 457. The van der Waals surface area contributed by atoms with Crippen molar-refractivity contribution in [3.05, 3.63) is 12.3 Å². The van der Waals surface area contributed by atoms with Crippen LogP contribution in [0.15, 0.2) is 12.3 Å². The summed E-state index contributed by atoms with van der Waals surface area (Å²) in [5, 5.41) is 0. The van der Waals surface area contributed by atoms with Crippen molar-refractivity contribution >= 4 is 11.9 Å². The van der Waals surface area contributed by atoms with E-state index in [9.17, 15) is 9.59 Å². The average molecular weight is 469 g/mol. The Labute approximate surface area is 204 Å². The third kappa shape index (κ3) is 22.1. The van der Waals surface area contributed by atoms with Gasteiger partial charge in [0.1, 0.15) is 0 Å². The maximum Gasteiger partial charge on any atom is 0.306 e. The van der Waals surface area contributed by atoms with Crippen LogP contribution in [-0.2, 0) is 23.8 Å². The minimum absolute atomic E-state index is 0.182. The highest BCUT2D eigenvalue weighted by Crippen LogP contribution is 2.15. The van der Waals surface area contributed by atoms with Gasteiger partial charge in [-0.15, -0.1) is 0 Å². The van der Waals surface area contributed by atoms with Gasteiger partial charge in [-0.3, -0.25) is 9.59 Å². The number of esters is 2. The predicted octanol–water partition coefficient (Wildman–Crippen LogP) is 7.91. The molecule has 0 rings (SSSR count). The lowest BCUT2D eigenvalue weighted by molar-refractivity contribution is -0.151. The number of rotatable bonds is 24. The zero-order valence-electron chi connectivity index (χ0n) is 22.0. The van der Waals surface area contributed by atoms with E-state index >= 15 is 0 Å². The van der Waals surface area contributed by atoms with Gasteiger partial charge in [0.2, 0.25) is 0 Å². The molecule has 5 nitrogen and oxygen atoms in total. The zero-order chi connectivity index (χ0) is 24.6. The van der Waals surface area contributed by atoms with Gasteiger partial charge in [-0.2, -0.15) is 0 Å². The Morgan fingerprint density at radius 1 is 0.606 bits per heavy atom. The quantitative estimate of drug-likeness (QED) is 0.0818. The molecular weight excluding hydrogens is 416 g/mol. The average Bonchev–Trinajstić information content (AvgIpc) is 2.80. The molecule has 0 amide bonds. The lowest BCUT2D eigenvalue weighted by Gasteiger charge is -2.18. The molecule has 0 spiro atoms. The van der Waals surface area contributed by atoms with Crippen LogP contribution in [0.25, 0.3) is 0 Å². The Balaban J connectivity index is 4.29. The Kier molecular flexibility index (Phi) is 22.5. The molecule has 1 unspecified atom stereocenters. The molecule has 33 heavy (non-hydrogen) atoms. The van der Waals surface area contributed by atoms with Crippen molar-refractivity contribution in [1.29, 1.82) is 0 Å². The van der Waals surface area contributed by atoms with E-state index in [1.807, 2.05) is 0 Å². The summed E-state index contributed by atoms with van der Waals surface area (Å²) in [6.07, 6.45) is 17.4. The molecular formula is C28H52O5. The third-order valence-corrected chi connectivity index (χ3v) is 5.76. The largest absolute Gasteiger partial charge is 0.498 e. The van der Waals surface area contributed by atoms with E-state index in [1.165, 1.54) is 57.8 Å². The fourth-order valence-electron chi connectivity index (χ4n) is 3.53. The van der Waals surface area contributed by atoms with E-state index < -0.39 is 0 Å². The minimum Gasteiger partial charge on any atom is -0.498 e. The molecule has 0 heterocycles. The van der Waals surface area contributed by atoms with Gasteiger partial charge in [-0.1, -0.05) is 98.0 Å². The number of unbranched alkanes of at least 4 members (excludes halogenated alkanes) is 11. The fraction of sp³-hybridized carbons (Fsp3) is 0.857. The molecule has 0 aromatic rings. The fourth-order valence-corrected chi connectivity index (χ4v) is 3.53. The topological polar surface area (TPSA) is 61.8 Å². The Morgan fingerprint density at radius 2 is 1.12 bits per heavy atom. The first kappa shape index (κ1) is 31.5. The van der Waals surface area contributed by atoms with Crippen molar-refractivity contribution < 1.29 is 23.8 Å². The van der Waals surface area contributed by atoms with Crippen LogP contribution < -0.4 is 0 Å². The van der Waals surface area contributed by atoms with E-state index in [-0.39, 0.29) is 30.9 Å². The first-order valence-corrected chi connectivity index (χ1v) is 13.6. The van der Waals surface area contributed by atoms with Crippen molar-refractivity contribution in [2.45, 2.75) is 130 Å². The molecule has 194 valence electrons. The maximum absolute atomic E-state index is 12.2. The van der Waals surface area contributed by atoms with Crippen LogP contribution in [0.1, 0.15) is 130 Å². The lowest BCUT2D eigenvalue weighted by atomic mass is 10.1. The zero-order valence-corrected chi connectivity index (χ0v) is 22.0. The highest BCUT2D eigenvalue weighted by atomic mass is 16.5. The smallest absolute Gasteiger partial charge is 0.306 e. The van der Waals surface area contributed by atoms with E-state index in [2.05, 4.69) is 27.4 Å². The second-order valence-corrected chi connectivity index (χ2v) is 9.21. The molecule has 1 atom stereocenters. The van der Waals surface area contributed by atoms with E-state index in [4.69, 9.17) is 14.2 Å². The third-order valence-electron chi connectivity index (χ3n) is 5.76. The predicted molar refractivity (Wildman–Crippen MR) is 136 cm³/mol. The molecule has 0 saturated carbocycles. The SMILES string of the molecule is C=C(CCCCCCCC)OCC(COC(=O)CCCCCCCC)CC(=O)OCCCC. The normalized spacial score (nSPS) is 11.7. The van der Waals surface area contributed by atoms with Crippen molar-refractivity contribution in [1.82, 2.24) is 0 Å². The van der Waals surface area contributed by atoms with Crippen molar-refractivity contribution in [2.75, 3.05) is 19.8 Å². The first-order valence-electron chi connectivity index (χ1n) is 13.6. The van der Waals surface area contributed by atoms with Crippen LogP contribution in [0.3, 0.4) is 0 Å². The maximum atomic E-state index is 12.2. The summed E-state index contributed by atoms with van der Waals surface area (Å²) in [4.78, 5) is 24.3. The summed E-state index contributed by atoms with van der Waals surface area (Å²) in [5.74, 6) is 0.0773. The van der Waals surface area contributed by atoms with Gasteiger partial charge in [0.05, 0.1) is 32.0 Å². The van der Waals surface area contributed by atoms with Crippen LogP contribution in [0.4, 0.5) is 0 Å². The standard InChI is InChI=1S/C28H52O5/c1-5-8-11-13-15-17-19-25(4)32-23-26(22-28(30)31-21-10-7-3)24-33-27(29)20-18-16-14-12-9-6-2/h26H,4-24H2,1-3H3. The lowest BCUT2D eigenvalue weighted by Crippen LogP contribution is -2.23. The van der Waals surface area contributed by atoms with Crippen LogP contribution in [0, 0.1) is 5.92 Å². The van der Waals surface area contributed by atoms with E-state index in [0.29, 0.717) is 19.6 Å². The molecule has 0 saturated heterocycles. The van der Waals surface area contributed by atoms with Crippen LogP contribution in [0.5, 0.6) is 0 Å². The Morgan fingerprint density at radius 3 is 1.73 bits per heavy atom. The van der Waals surface area contributed by atoms with Crippen molar-refractivity contribution in [3.63, 3.8) is 0 Å². The highest BCUT2D eigenvalue weighted by Gasteiger charge is 2.19. The van der Waals surface area contributed by atoms with Crippen LogP contribution in [-0.4, -0.2) is 31.8 Å². The monoisotopic (exact) mass is 468 g/mol. The summed E-state index contributed by atoms with van der Waals surface area (Å²) in [6.45, 7) is 11.4. The van der Waals surface area contributed by atoms with Gasteiger partial charge in [0, 0.05) is 18.8 Å². The van der Waals surface area contributed by atoms with Gasteiger partial charge < -0.3 is 14.2 Å². The molecule has 0 aromatic carbocycles. The van der Waals surface area contributed by atoms with Crippen LogP contribution >= 0.6 is 0 Å². The van der Waals surface area contributed by atoms with Gasteiger partial charge in [0.15, 0.2) is 0 Å².